The summed E-state index contributed by atoms with van der Waals surface area (Å²) in [6.45, 7) is 7.68. The van der Waals surface area contributed by atoms with Gasteiger partial charge in [0.1, 0.15) is 17.2 Å². The van der Waals surface area contributed by atoms with Gasteiger partial charge in [-0.3, -0.25) is 0 Å². The molecule has 0 spiro atoms. The van der Waals surface area contributed by atoms with Gasteiger partial charge in [0.05, 0.1) is 42.6 Å². The second kappa shape index (κ2) is 16.6. The number of hydrogen-bond acceptors (Lipinski definition) is 6. The Kier molecular flexibility index (Phi) is 10.4. The van der Waals surface area contributed by atoms with Crippen molar-refractivity contribution in [1.29, 1.82) is 0 Å². The molecular formula is C50H41N7O3. The van der Waals surface area contributed by atoms with Crippen LogP contribution in [-0.4, -0.2) is 39.8 Å². The van der Waals surface area contributed by atoms with Crippen LogP contribution in [0.1, 0.15) is 43.5 Å². The van der Waals surface area contributed by atoms with Crippen LogP contribution in [0, 0.1) is 0 Å². The number of benzene rings is 4. The Hall–Kier alpha value is -7.81. The highest BCUT2D eigenvalue weighted by molar-refractivity contribution is 6.00. The van der Waals surface area contributed by atoms with E-state index in [1.165, 1.54) is 0 Å². The molecule has 0 unspecified atom stereocenters. The standard InChI is InChI=1S/C50H41N7O3/c1-4-58-36-17-9-32(10-18-36)48-41-25-23-39(52-41)47(31-7-15-35(16-8-31)56-57-51)40-24-26-42(53-40)49(33-11-19-37(20-12-33)59-5-2)44-28-30-46(55-44)50(45-29-27-43(48)54-45)34-13-21-38(22-14-34)60-6-3/h7-30,52,55H,4-6H2,1-3H3. The number of azide groups is 1. The molecule has 5 heterocycles. The van der Waals surface area contributed by atoms with Crippen LogP contribution in [0.5, 0.6) is 17.2 Å². The fourth-order valence-electron chi connectivity index (χ4n) is 7.82. The third kappa shape index (κ3) is 7.39. The first kappa shape index (κ1) is 37.7. The van der Waals surface area contributed by atoms with E-state index in [1.54, 1.807) is 0 Å². The third-order valence-corrected chi connectivity index (χ3v) is 10.4. The van der Waals surface area contributed by atoms with Gasteiger partial charge in [-0.1, -0.05) is 65.8 Å². The molecule has 9 rings (SSSR count). The van der Waals surface area contributed by atoms with Crippen LogP contribution in [0.4, 0.5) is 5.69 Å². The maximum atomic E-state index is 9.12. The van der Waals surface area contributed by atoms with E-state index in [4.69, 9.17) is 29.7 Å². The van der Waals surface area contributed by atoms with Crippen molar-refractivity contribution in [3.63, 3.8) is 0 Å². The van der Waals surface area contributed by atoms with Crippen molar-refractivity contribution < 1.29 is 14.2 Å². The summed E-state index contributed by atoms with van der Waals surface area (Å²) < 4.78 is 17.5. The van der Waals surface area contributed by atoms with Gasteiger partial charge in [0.25, 0.3) is 0 Å². The number of nitrogens with one attached hydrogen (secondary N) is 2. The Morgan fingerprint density at radius 2 is 0.717 bits per heavy atom. The number of hydrogen-bond donors (Lipinski definition) is 2. The van der Waals surface area contributed by atoms with Crippen LogP contribution in [0.15, 0.2) is 126 Å². The summed E-state index contributed by atoms with van der Waals surface area (Å²) >= 11 is 0. The molecule has 0 saturated carbocycles. The number of H-pyrrole nitrogens is 2. The molecule has 0 radical (unpaired) electrons. The van der Waals surface area contributed by atoms with E-state index in [0.717, 1.165) is 107 Å². The minimum absolute atomic E-state index is 0.526. The van der Waals surface area contributed by atoms with Crippen molar-refractivity contribution in [3.8, 4) is 61.8 Å². The molecule has 294 valence electrons. The van der Waals surface area contributed by atoms with Gasteiger partial charge in [0.2, 0.25) is 0 Å². The Morgan fingerprint density at radius 3 is 0.983 bits per heavy atom. The lowest BCUT2D eigenvalue weighted by atomic mass is 10.0. The van der Waals surface area contributed by atoms with E-state index < -0.39 is 0 Å². The number of aromatic nitrogens is 4. The summed E-state index contributed by atoms with van der Waals surface area (Å²) in [5, 5.41) is 3.82. The van der Waals surface area contributed by atoms with Gasteiger partial charge in [0, 0.05) is 54.9 Å². The fraction of sp³-hybridized carbons (Fsp3) is 0.120. The highest BCUT2D eigenvalue weighted by Gasteiger charge is 2.19. The number of fused-ring (bicyclic) bond motifs is 8. The van der Waals surface area contributed by atoms with Crippen molar-refractivity contribution in [2.45, 2.75) is 20.8 Å². The topological polar surface area (TPSA) is 134 Å². The summed E-state index contributed by atoms with van der Waals surface area (Å²) in [4.78, 5) is 21.3. The number of ether oxygens (including phenoxy) is 3. The van der Waals surface area contributed by atoms with Gasteiger partial charge in [-0.05, 0) is 134 Å². The van der Waals surface area contributed by atoms with Crippen LogP contribution < -0.4 is 14.2 Å². The second-order valence-corrected chi connectivity index (χ2v) is 14.1. The minimum atomic E-state index is 0.526. The molecule has 2 N–H and O–H groups in total. The monoisotopic (exact) mass is 787 g/mol. The van der Waals surface area contributed by atoms with E-state index in [0.29, 0.717) is 25.5 Å². The Balaban J connectivity index is 1.41. The molecule has 60 heavy (non-hydrogen) atoms. The maximum Gasteiger partial charge on any atom is 0.119 e. The smallest absolute Gasteiger partial charge is 0.119 e. The average molecular weight is 788 g/mol. The van der Waals surface area contributed by atoms with Gasteiger partial charge in [0.15, 0.2) is 0 Å². The van der Waals surface area contributed by atoms with Crippen molar-refractivity contribution in [2.75, 3.05) is 19.8 Å². The Morgan fingerprint density at radius 1 is 0.433 bits per heavy atom. The van der Waals surface area contributed by atoms with Gasteiger partial charge in [-0.2, -0.15) is 0 Å². The molecule has 10 nitrogen and oxygen atoms in total. The first-order chi connectivity index (χ1) is 29.5. The summed E-state index contributed by atoms with van der Waals surface area (Å²) in [7, 11) is 0. The summed E-state index contributed by atoms with van der Waals surface area (Å²) in [6.07, 6.45) is 8.29. The molecule has 0 atom stereocenters. The minimum Gasteiger partial charge on any atom is -0.494 e. The Bertz CT molecular complexity index is 2940. The van der Waals surface area contributed by atoms with E-state index in [2.05, 4.69) is 105 Å². The molecule has 7 aromatic rings. The molecule has 3 aromatic heterocycles. The van der Waals surface area contributed by atoms with Crippen LogP contribution in [0.2, 0.25) is 0 Å². The van der Waals surface area contributed by atoms with E-state index >= 15 is 0 Å². The predicted octanol–water partition coefficient (Wildman–Crippen LogP) is 13.5. The zero-order chi connectivity index (χ0) is 41.0. The molecule has 2 aliphatic heterocycles. The van der Waals surface area contributed by atoms with Crippen LogP contribution in [0.25, 0.3) is 101 Å². The van der Waals surface area contributed by atoms with Gasteiger partial charge < -0.3 is 24.2 Å². The summed E-state index contributed by atoms with van der Waals surface area (Å²) in [5.74, 6) is 2.40. The van der Waals surface area contributed by atoms with Crippen molar-refractivity contribution in [1.82, 2.24) is 19.9 Å². The molecule has 4 aromatic carbocycles. The lowest BCUT2D eigenvalue weighted by Gasteiger charge is -2.09. The van der Waals surface area contributed by atoms with Crippen LogP contribution >= 0.6 is 0 Å². The molecule has 0 aliphatic carbocycles. The third-order valence-electron chi connectivity index (χ3n) is 10.4. The molecule has 8 bridgehead atoms. The van der Waals surface area contributed by atoms with E-state index in [1.807, 2.05) is 81.4 Å². The first-order valence-electron chi connectivity index (χ1n) is 20.0. The lowest BCUT2D eigenvalue weighted by molar-refractivity contribution is 0.340. The highest BCUT2D eigenvalue weighted by Crippen LogP contribution is 2.39. The lowest BCUT2D eigenvalue weighted by Crippen LogP contribution is -1.92. The van der Waals surface area contributed by atoms with Gasteiger partial charge in [-0.15, -0.1) is 0 Å². The summed E-state index contributed by atoms with van der Waals surface area (Å²) in [6, 6.07) is 40.4. The van der Waals surface area contributed by atoms with Crippen molar-refractivity contribution in [2.24, 2.45) is 5.11 Å². The van der Waals surface area contributed by atoms with Gasteiger partial charge in [-0.25, -0.2) is 9.97 Å². The number of rotatable bonds is 11. The van der Waals surface area contributed by atoms with Crippen LogP contribution in [0.3, 0.4) is 0 Å². The van der Waals surface area contributed by atoms with Gasteiger partial charge >= 0.3 is 0 Å². The first-order valence-corrected chi connectivity index (χ1v) is 20.0. The van der Waals surface area contributed by atoms with E-state index in [9.17, 15) is 0 Å². The summed E-state index contributed by atoms with van der Waals surface area (Å²) in [5.41, 5.74) is 23.9. The molecule has 0 amide bonds. The molecular weight excluding hydrogens is 747 g/mol. The zero-order valence-electron chi connectivity index (χ0n) is 33.4. The molecule has 10 heteroatoms. The SMILES string of the molecule is CCOc1ccc(-c2c3nc(c(-c4ccc(OCC)cc4)c4ccc([nH]4)c(-c4ccc(OCC)cc4)c4nc(c(-c5ccc(N=[N+]=[N-])cc5)c5ccc2[nH]5)C=C4)C=C3)cc1. The largest absolute Gasteiger partial charge is 0.494 e. The predicted molar refractivity (Wildman–Crippen MR) is 243 cm³/mol. The maximum absolute atomic E-state index is 9.12. The molecule has 0 saturated heterocycles. The van der Waals surface area contributed by atoms with Crippen molar-refractivity contribution in [3.05, 3.63) is 155 Å². The second-order valence-electron chi connectivity index (χ2n) is 14.1. The zero-order valence-corrected chi connectivity index (χ0v) is 33.4. The van der Waals surface area contributed by atoms with Crippen molar-refractivity contribution >= 4 is 52.1 Å². The quantitative estimate of drug-likeness (QED) is 0.0764. The number of aromatic amines is 2. The van der Waals surface area contributed by atoms with E-state index in [-0.39, 0.29) is 0 Å². The molecule has 2 aliphatic rings. The fourth-order valence-corrected chi connectivity index (χ4v) is 7.82. The normalized spacial score (nSPS) is 11.7. The Labute approximate surface area is 347 Å². The average Bonchev–Trinajstić information content (AvgIpc) is 4.12. The number of nitrogens with zero attached hydrogens (tertiary/aromatic N) is 5. The highest BCUT2D eigenvalue weighted by atomic mass is 16.5. The molecule has 0 fully saturated rings. The van der Waals surface area contributed by atoms with Crippen LogP contribution in [-0.2, 0) is 0 Å².